The highest BCUT2D eigenvalue weighted by Gasteiger charge is 2.07. The first-order valence-electron chi connectivity index (χ1n) is 7.33. The maximum Gasteiger partial charge on any atom is 0.239 e. The minimum Gasteiger partial charge on any atom is -0.376 e. The van der Waals surface area contributed by atoms with Crippen molar-refractivity contribution in [2.24, 2.45) is 5.14 Å². The minimum absolute atomic E-state index is 0.0200. The summed E-state index contributed by atoms with van der Waals surface area (Å²) in [4.78, 5) is 11.8. The van der Waals surface area contributed by atoms with Crippen molar-refractivity contribution < 1.29 is 17.6 Å². The van der Waals surface area contributed by atoms with E-state index in [0.717, 1.165) is 5.56 Å². The van der Waals surface area contributed by atoms with Gasteiger partial charge in [0.1, 0.15) is 5.82 Å². The number of benzene rings is 2. The number of nitrogens with two attached hydrogens (primary N) is 1. The van der Waals surface area contributed by atoms with Crippen LogP contribution in [0.5, 0.6) is 0 Å². The summed E-state index contributed by atoms with van der Waals surface area (Å²) < 4.78 is 35.4. The summed E-state index contributed by atoms with van der Waals surface area (Å²) in [6.45, 7) is 0.408. The molecule has 0 radical (unpaired) electrons. The van der Waals surface area contributed by atoms with Gasteiger partial charge in [-0.05, 0) is 42.3 Å². The van der Waals surface area contributed by atoms with Gasteiger partial charge in [-0.15, -0.1) is 0 Å². The van der Waals surface area contributed by atoms with E-state index in [-0.39, 0.29) is 22.4 Å². The third-order valence-electron chi connectivity index (χ3n) is 3.36. The van der Waals surface area contributed by atoms with Crippen LogP contribution in [0.15, 0.2) is 47.4 Å². The van der Waals surface area contributed by atoms with E-state index in [9.17, 15) is 17.6 Å². The second kappa shape index (κ2) is 8.28. The maximum absolute atomic E-state index is 13.0. The number of halogens is 2. The van der Waals surface area contributed by atoms with Crippen LogP contribution in [0.3, 0.4) is 0 Å². The van der Waals surface area contributed by atoms with Gasteiger partial charge in [0.15, 0.2) is 0 Å². The fourth-order valence-electron chi connectivity index (χ4n) is 2.04. The number of amides is 1. The zero-order valence-corrected chi connectivity index (χ0v) is 14.7. The Balaban J connectivity index is 1.75. The minimum atomic E-state index is -3.70. The summed E-state index contributed by atoms with van der Waals surface area (Å²) in [5, 5.41) is 10.6. The predicted molar refractivity (Wildman–Crippen MR) is 94.4 cm³/mol. The van der Waals surface area contributed by atoms with Crippen molar-refractivity contribution in [3.63, 3.8) is 0 Å². The molecular weight excluding hydrogens is 369 g/mol. The molecule has 0 saturated heterocycles. The summed E-state index contributed by atoms with van der Waals surface area (Å²) in [5.41, 5.74) is 1.41. The molecule has 0 aliphatic carbocycles. The molecule has 2 rings (SSSR count). The van der Waals surface area contributed by atoms with Gasteiger partial charge < -0.3 is 10.6 Å². The molecule has 0 spiro atoms. The molecule has 4 N–H and O–H groups in total. The number of anilines is 1. The Morgan fingerprint density at radius 3 is 2.44 bits per heavy atom. The van der Waals surface area contributed by atoms with Gasteiger partial charge in [-0.2, -0.15) is 0 Å². The van der Waals surface area contributed by atoms with Crippen molar-refractivity contribution in [1.82, 2.24) is 5.32 Å². The van der Waals surface area contributed by atoms with Crippen molar-refractivity contribution in [2.75, 3.05) is 18.4 Å². The van der Waals surface area contributed by atoms with Gasteiger partial charge in [-0.25, -0.2) is 17.9 Å². The summed E-state index contributed by atoms with van der Waals surface area (Å²) in [6.07, 6.45) is 0.541. The van der Waals surface area contributed by atoms with E-state index in [4.69, 9.17) is 16.7 Å². The molecule has 134 valence electrons. The largest absolute Gasteiger partial charge is 0.376 e. The molecule has 2 aromatic rings. The number of nitrogens with one attached hydrogen (secondary N) is 2. The molecule has 6 nitrogen and oxygen atoms in total. The van der Waals surface area contributed by atoms with Gasteiger partial charge in [0, 0.05) is 12.2 Å². The fraction of sp³-hybridized carbons (Fsp3) is 0.188. The Bertz CT molecular complexity index is 857. The molecule has 0 aromatic heterocycles. The summed E-state index contributed by atoms with van der Waals surface area (Å²) in [7, 11) is -3.70. The first-order valence-corrected chi connectivity index (χ1v) is 9.25. The lowest BCUT2D eigenvalue weighted by molar-refractivity contribution is -0.119. The average Bonchev–Trinajstić information content (AvgIpc) is 2.55. The van der Waals surface area contributed by atoms with E-state index in [1.54, 1.807) is 12.1 Å². The molecule has 0 bridgehead atoms. The van der Waals surface area contributed by atoms with E-state index in [1.807, 2.05) is 0 Å². The molecule has 0 aliphatic heterocycles. The van der Waals surface area contributed by atoms with Gasteiger partial charge in [-0.3, -0.25) is 4.79 Å². The highest BCUT2D eigenvalue weighted by molar-refractivity contribution is 7.89. The molecule has 0 unspecified atom stereocenters. The zero-order valence-electron chi connectivity index (χ0n) is 13.1. The lowest BCUT2D eigenvalue weighted by Gasteiger charge is -2.08. The normalized spacial score (nSPS) is 11.2. The first kappa shape index (κ1) is 19.2. The SMILES string of the molecule is NS(=O)(=O)c1ccc(CCNC(=O)CNc2ccc(F)c(Cl)c2)cc1. The van der Waals surface area contributed by atoms with Crippen LogP contribution in [-0.2, 0) is 21.2 Å². The molecule has 0 saturated carbocycles. The van der Waals surface area contributed by atoms with Gasteiger partial charge in [0.25, 0.3) is 0 Å². The maximum atomic E-state index is 13.0. The average molecular weight is 386 g/mol. The molecule has 25 heavy (non-hydrogen) atoms. The summed E-state index contributed by atoms with van der Waals surface area (Å²) in [6, 6.07) is 10.2. The lowest BCUT2D eigenvalue weighted by atomic mass is 10.1. The smallest absolute Gasteiger partial charge is 0.239 e. The lowest BCUT2D eigenvalue weighted by Crippen LogP contribution is -2.31. The molecule has 9 heteroatoms. The van der Waals surface area contributed by atoms with E-state index in [2.05, 4.69) is 10.6 Å². The number of rotatable bonds is 7. The molecule has 1 amide bonds. The highest BCUT2D eigenvalue weighted by atomic mass is 35.5. The third kappa shape index (κ3) is 6.00. The molecule has 2 aromatic carbocycles. The molecule has 0 atom stereocenters. The van der Waals surface area contributed by atoms with Crippen LogP contribution in [0.4, 0.5) is 10.1 Å². The van der Waals surface area contributed by atoms with Crippen LogP contribution in [-0.4, -0.2) is 27.4 Å². The first-order chi connectivity index (χ1) is 11.8. The Morgan fingerprint density at radius 1 is 1.16 bits per heavy atom. The van der Waals surface area contributed by atoms with Crippen LogP contribution in [0.2, 0.25) is 5.02 Å². The standard InChI is InChI=1S/C16H17ClFN3O3S/c17-14-9-12(3-6-15(14)18)21-10-16(22)20-8-7-11-1-4-13(5-2-11)25(19,23)24/h1-6,9,21H,7-8,10H2,(H,20,22)(H2,19,23,24). The zero-order chi connectivity index (χ0) is 18.4. The van der Waals surface area contributed by atoms with Crippen molar-refractivity contribution in [3.8, 4) is 0 Å². The van der Waals surface area contributed by atoms with E-state index in [0.29, 0.717) is 18.7 Å². The van der Waals surface area contributed by atoms with Crippen LogP contribution >= 0.6 is 11.6 Å². The van der Waals surface area contributed by atoms with Crippen molar-refractivity contribution in [2.45, 2.75) is 11.3 Å². The number of hydrogen-bond acceptors (Lipinski definition) is 4. The quantitative estimate of drug-likeness (QED) is 0.677. The molecular formula is C16H17ClFN3O3S. The summed E-state index contributed by atoms with van der Waals surface area (Å²) >= 11 is 5.66. The molecule has 0 fully saturated rings. The molecule has 0 heterocycles. The van der Waals surface area contributed by atoms with Gasteiger partial charge in [0.2, 0.25) is 15.9 Å². The van der Waals surface area contributed by atoms with E-state index >= 15 is 0 Å². The van der Waals surface area contributed by atoms with Crippen molar-refractivity contribution >= 4 is 33.2 Å². The van der Waals surface area contributed by atoms with Gasteiger partial charge in [0.05, 0.1) is 16.5 Å². The number of carbonyl (C=O) groups is 1. The fourth-order valence-corrected chi connectivity index (χ4v) is 2.74. The Labute approximate surface area is 150 Å². The second-order valence-corrected chi connectivity index (χ2v) is 7.24. The number of primary sulfonamides is 1. The van der Waals surface area contributed by atoms with Crippen molar-refractivity contribution in [3.05, 3.63) is 58.9 Å². The number of carbonyl (C=O) groups excluding carboxylic acids is 1. The second-order valence-electron chi connectivity index (χ2n) is 5.27. The van der Waals surface area contributed by atoms with Gasteiger partial charge >= 0.3 is 0 Å². The summed E-state index contributed by atoms with van der Waals surface area (Å²) in [5.74, 6) is -0.758. The number of hydrogen-bond donors (Lipinski definition) is 3. The Kier molecular flexibility index (Phi) is 6.35. The van der Waals surface area contributed by atoms with E-state index < -0.39 is 15.8 Å². The molecule has 0 aliphatic rings. The predicted octanol–water partition coefficient (Wildman–Crippen LogP) is 1.90. The highest BCUT2D eigenvalue weighted by Crippen LogP contribution is 2.18. The van der Waals surface area contributed by atoms with Crippen molar-refractivity contribution in [1.29, 1.82) is 0 Å². The van der Waals surface area contributed by atoms with Crippen LogP contribution in [0.1, 0.15) is 5.56 Å². The van der Waals surface area contributed by atoms with Crippen LogP contribution in [0.25, 0.3) is 0 Å². The van der Waals surface area contributed by atoms with Crippen LogP contribution in [0, 0.1) is 5.82 Å². The monoisotopic (exact) mass is 385 g/mol. The Morgan fingerprint density at radius 2 is 1.84 bits per heavy atom. The van der Waals surface area contributed by atoms with Crippen LogP contribution < -0.4 is 15.8 Å². The van der Waals surface area contributed by atoms with Gasteiger partial charge in [-0.1, -0.05) is 23.7 Å². The topological polar surface area (TPSA) is 101 Å². The number of sulfonamides is 1. The Hall–Kier alpha value is -2.16. The third-order valence-corrected chi connectivity index (χ3v) is 4.58. The van der Waals surface area contributed by atoms with E-state index in [1.165, 1.54) is 30.3 Å².